The summed E-state index contributed by atoms with van der Waals surface area (Å²) in [7, 11) is 0. The Bertz CT molecular complexity index is 1880. The summed E-state index contributed by atoms with van der Waals surface area (Å²) in [6, 6.07) is 24.5. The third-order valence-corrected chi connectivity index (χ3v) is 9.99. The van der Waals surface area contributed by atoms with Gasteiger partial charge in [-0.1, -0.05) is 48.5 Å². The van der Waals surface area contributed by atoms with Crippen molar-refractivity contribution in [2.75, 3.05) is 38.0 Å². The molecule has 0 bridgehead atoms. The first kappa shape index (κ1) is 31.9. The molecule has 1 atom stereocenters. The molecule has 48 heavy (non-hydrogen) atoms. The first-order valence-corrected chi connectivity index (χ1v) is 17.7. The van der Waals surface area contributed by atoms with Crippen LogP contribution in [-0.4, -0.2) is 59.4 Å². The van der Waals surface area contributed by atoms with E-state index in [0.717, 1.165) is 81.3 Å². The van der Waals surface area contributed by atoms with Crippen LogP contribution in [0.2, 0.25) is 0 Å². The van der Waals surface area contributed by atoms with E-state index in [0.29, 0.717) is 18.7 Å². The minimum Gasteiger partial charge on any atom is -0.384 e. The zero-order valence-electron chi connectivity index (χ0n) is 27.7. The molecule has 1 saturated heterocycles. The average molecular weight is 643 g/mol. The highest BCUT2D eigenvalue weighted by Gasteiger charge is 2.28. The molecule has 8 nitrogen and oxygen atoms in total. The van der Waals surface area contributed by atoms with Crippen molar-refractivity contribution in [3.8, 4) is 0 Å². The van der Waals surface area contributed by atoms with Crippen molar-refractivity contribution in [1.29, 1.82) is 0 Å². The van der Waals surface area contributed by atoms with Crippen molar-refractivity contribution < 1.29 is 9.59 Å². The molecule has 7 rings (SSSR count). The molecule has 2 amide bonds. The number of amides is 2. The third kappa shape index (κ3) is 7.39. The van der Waals surface area contributed by atoms with Crippen molar-refractivity contribution in [3.05, 3.63) is 107 Å². The van der Waals surface area contributed by atoms with Gasteiger partial charge in [0.2, 0.25) is 5.91 Å². The monoisotopic (exact) mass is 642 g/mol. The lowest BCUT2D eigenvalue weighted by Gasteiger charge is -2.21. The quantitative estimate of drug-likeness (QED) is 0.111. The summed E-state index contributed by atoms with van der Waals surface area (Å²) in [5.41, 5.74) is 9.14. The van der Waals surface area contributed by atoms with Gasteiger partial charge < -0.3 is 20.9 Å². The number of aromatic amines is 1. The zero-order chi connectivity index (χ0) is 32.7. The van der Waals surface area contributed by atoms with Gasteiger partial charge in [0.25, 0.3) is 5.91 Å². The van der Waals surface area contributed by atoms with E-state index in [1.165, 1.54) is 46.1 Å². The summed E-state index contributed by atoms with van der Waals surface area (Å²) >= 11 is 0. The Morgan fingerprint density at radius 1 is 0.854 bits per heavy atom. The standard InChI is InChI=1S/C40H46N6O2/c47-39(43-23-19-30-25-44-35-12-4-1-9-32(30)35)29-17-15-28(16-18-29)26-46-24-20-31(27-46)40(48)42-22-8-7-21-41-38-33-10-2-5-13-36(33)45-37-14-6-3-11-34(37)38/h1-2,4-5,9-10,12-13,15-18,25,31,44H,3,6-8,11,14,19-24,26-27H2,(H,41,45)(H,42,48)(H,43,47). The Morgan fingerprint density at radius 2 is 1.65 bits per heavy atom. The fraction of sp³-hybridized carbons (Fsp3) is 0.375. The number of hydrogen-bond donors (Lipinski definition) is 4. The molecule has 0 spiro atoms. The number of likely N-dealkylation sites (tertiary alicyclic amines) is 1. The molecule has 3 heterocycles. The summed E-state index contributed by atoms with van der Waals surface area (Å²) in [4.78, 5) is 36.3. The number of para-hydroxylation sites is 2. The molecule has 0 radical (unpaired) electrons. The second kappa shape index (κ2) is 15.0. The van der Waals surface area contributed by atoms with E-state index in [9.17, 15) is 9.59 Å². The number of fused-ring (bicyclic) bond motifs is 3. The van der Waals surface area contributed by atoms with Crippen LogP contribution >= 0.6 is 0 Å². The molecule has 248 valence electrons. The molecule has 5 aromatic rings. The van der Waals surface area contributed by atoms with Gasteiger partial charge in [-0.3, -0.25) is 19.5 Å². The first-order valence-electron chi connectivity index (χ1n) is 17.7. The highest BCUT2D eigenvalue weighted by molar-refractivity contribution is 5.94. The SMILES string of the molecule is O=C(NCCc1c[nH]c2ccccc12)c1ccc(CN2CCC(C(=O)NCCCCNc3c4c(nc5ccccc35)CCCC4)C2)cc1. The topological polar surface area (TPSA) is 102 Å². The molecule has 1 aliphatic carbocycles. The van der Waals surface area contributed by atoms with Gasteiger partial charge in [-0.15, -0.1) is 0 Å². The fourth-order valence-electron chi connectivity index (χ4n) is 7.36. The maximum atomic E-state index is 12.9. The van der Waals surface area contributed by atoms with Crippen molar-refractivity contribution in [2.45, 2.75) is 57.9 Å². The minimum absolute atomic E-state index is 0.0278. The van der Waals surface area contributed by atoms with Gasteiger partial charge in [-0.2, -0.15) is 0 Å². The summed E-state index contributed by atoms with van der Waals surface area (Å²) in [6.07, 6.45) is 10.2. The Labute approximate surface area is 282 Å². The number of nitrogens with one attached hydrogen (secondary N) is 4. The highest BCUT2D eigenvalue weighted by Crippen LogP contribution is 2.33. The van der Waals surface area contributed by atoms with Crippen LogP contribution < -0.4 is 16.0 Å². The maximum absolute atomic E-state index is 12.9. The lowest BCUT2D eigenvalue weighted by molar-refractivity contribution is -0.124. The molecule has 2 aromatic heterocycles. The van der Waals surface area contributed by atoms with Crippen molar-refractivity contribution in [1.82, 2.24) is 25.5 Å². The smallest absolute Gasteiger partial charge is 0.251 e. The van der Waals surface area contributed by atoms with E-state index in [-0.39, 0.29) is 17.7 Å². The number of unbranched alkanes of at least 4 members (excludes halogenated alkanes) is 1. The van der Waals surface area contributed by atoms with Crippen LogP contribution in [0.1, 0.15) is 64.8 Å². The number of aryl methyl sites for hydroxylation is 1. The molecular formula is C40H46N6O2. The van der Waals surface area contributed by atoms with Crippen molar-refractivity contribution in [2.24, 2.45) is 5.92 Å². The lowest BCUT2D eigenvalue weighted by atomic mass is 9.92. The van der Waals surface area contributed by atoms with Crippen LogP contribution in [0.5, 0.6) is 0 Å². The summed E-state index contributed by atoms with van der Waals surface area (Å²) in [5, 5.41) is 12.4. The molecule has 2 aliphatic rings. The number of rotatable bonds is 13. The van der Waals surface area contributed by atoms with Crippen LogP contribution in [-0.2, 0) is 30.6 Å². The van der Waals surface area contributed by atoms with E-state index < -0.39 is 0 Å². The number of benzene rings is 3. The number of aromatic nitrogens is 2. The summed E-state index contributed by atoms with van der Waals surface area (Å²) in [6.45, 7) is 4.63. The fourth-order valence-corrected chi connectivity index (χ4v) is 7.36. The van der Waals surface area contributed by atoms with E-state index in [4.69, 9.17) is 4.98 Å². The van der Waals surface area contributed by atoms with Crippen molar-refractivity contribution >= 4 is 39.3 Å². The van der Waals surface area contributed by atoms with Gasteiger partial charge in [0, 0.05) is 72.2 Å². The van der Waals surface area contributed by atoms with Crippen LogP contribution in [0.15, 0.2) is 79.0 Å². The van der Waals surface area contributed by atoms with Gasteiger partial charge in [-0.25, -0.2) is 0 Å². The second-order valence-electron chi connectivity index (χ2n) is 13.3. The largest absolute Gasteiger partial charge is 0.384 e. The zero-order valence-corrected chi connectivity index (χ0v) is 27.7. The molecule has 1 unspecified atom stereocenters. The average Bonchev–Trinajstić information content (AvgIpc) is 3.77. The van der Waals surface area contributed by atoms with Crippen LogP contribution in [0.3, 0.4) is 0 Å². The molecule has 1 fully saturated rings. The molecular weight excluding hydrogens is 596 g/mol. The van der Waals surface area contributed by atoms with Gasteiger partial charge >= 0.3 is 0 Å². The Kier molecular flexibility index (Phi) is 9.98. The van der Waals surface area contributed by atoms with Crippen LogP contribution in [0, 0.1) is 5.92 Å². The molecule has 0 saturated carbocycles. The van der Waals surface area contributed by atoms with Gasteiger partial charge in [0.05, 0.1) is 11.4 Å². The van der Waals surface area contributed by atoms with E-state index in [2.05, 4.69) is 62.2 Å². The number of pyridine rings is 1. The second-order valence-corrected chi connectivity index (χ2v) is 13.3. The molecule has 3 aromatic carbocycles. The predicted octanol–water partition coefficient (Wildman–Crippen LogP) is 6.40. The van der Waals surface area contributed by atoms with Gasteiger partial charge in [0.1, 0.15) is 0 Å². The number of anilines is 1. The molecule has 4 N–H and O–H groups in total. The number of carbonyl (C=O) groups excluding carboxylic acids is 2. The maximum Gasteiger partial charge on any atom is 0.251 e. The van der Waals surface area contributed by atoms with E-state index in [1.807, 2.05) is 42.6 Å². The summed E-state index contributed by atoms with van der Waals surface area (Å²) in [5.74, 6) is 0.138. The Balaban J connectivity index is 0.804. The number of H-pyrrole nitrogens is 1. The predicted molar refractivity (Wildman–Crippen MR) is 193 cm³/mol. The summed E-state index contributed by atoms with van der Waals surface area (Å²) < 4.78 is 0. The lowest BCUT2D eigenvalue weighted by Crippen LogP contribution is -2.33. The van der Waals surface area contributed by atoms with E-state index >= 15 is 0 Å². The normalized spacial score (nSPS) is 16.2. The molecule has 1 aliphatic heterocycles. The first-order chi connectivity index (χ1) is 23.6. The Morgan fingerprint density at radius 3 is 2.54 bits per heavy atom. The van der Waals surface area contributed by atoms with Crippen LogP contribution in [0.4, 0.5) is 5.69 Å². The van der Waals surface area contributed by atoms with E-state index in [1.54, 1.807) is 0 Å². The Hall–Kier alpha value is -4.69. The number of carbonyl (C=O) groups is 2. The highest BCUT2D eigenvalue weighted by atomic mass is 16.2. The number of nitrogens with zero attached hydrogens (tertiary/aromatic N) is 2. The van der Waals surface area contributed by atoms with Gasteiger partial charge in [-0.05, 0) is 98.9 Å². The van der Waals surface area contributed by atoms with Crippen molar-refractivity contribution in [3.63, 3.8) is 0 Å². The van der Waals surface area contributed by atoms with Gasteiger partial charge in [0.15, 0.2) is 0 Å². The number of hydrogen-bond acceptors (Lipinski definition) is 5. The third-order valence-electron chi connectivity index (χ3n) is 9.99. The minimum atomic E-state index is -0.0557. The van der Waals surface area contributed by atoms with Crippen LogP contribution in [0.25, 0.3) is 21.8 Å². The molecule has 8 heteroatoms.